The maximum atomic E-state index is 6.06. The van der Waals surface area contributed by atoms with Gasteiger partial charge in [0.15, 0.2) is 0 Å². The van der Waals surface area contributed by atoms with E-state index in [4.69, 9.17) is 28.9 Å². The molecule has 0 aliphatic rings. The molecule has 114 valence electrons. The normalized spacial score (nSPS) is 12.6. The molecule has 2 aromatic rings. The van der Waals surface area contributed by atoms with Crippen LogP contribution >= 0.6 is 23.2 Å². The van der Waals surface area contributed by atoms with Gasteiger partial charge in [-0.05, 0) is 49.6 Å². The maximum Gasteiger partial charge on any atom is 0.0693 e. The molecule has 0 radical (unpaired) electrons. The van der Waals surface area contributed by atoms with E-state index in [9.17, 15) is 0 Å². The Balaban J connectivity index is 1.83. The predicted molar refractivity (Wildman–Crippen MR) is 88.8 cm³/mol. The van der Waals surface area contributed by atoms with Gasteiger partial charge in [-0.25, -0.2) is 0 Å². The summed E-state index contributed by atoms with van der Waals surface area (Å²) >= 11 is 12.1. The van der Waals surface area contributed by atoms with E-state index in [1.54, 1.807) is 0 Å². The molecule has 0 unspecified atom stereocenters. The maximum absolute atomic E-state index is 6.06. The second kappa shape index (κ2) is 7.16. The third-order valence-electron chi connectivity index (χ3n) is 3.45. The number of halogens is 2. The van der Waals surface area contributed by atoms with Crippen molar-refractivity contribution in [3.8, 4) is 0 Å². The zero-order chi connectivity index (χ0) is 15.4. The summed E-state index contributed by atoms with van der Waals surface area (Å²) in [5.41, 5.74) is 8.48. The number of hydrogen-bond acceptors (Lipinski definition) is 3. The predicted octanol–water partition coefficient (Wildman–Crippen LogP) is 3.59. The van der Waals surface area contributed by atoms with Crippen molar-refractivity contribution in [1.82, 2.24) is 15.1 Å². The molecule has 1 aromatic heterocycles. The van der Waals surface area contributed by atoms with Crippen LogP contribution in [-0.2, 0) is 13.5 Å². The lowest BCUT2D eigenvalue weighted by molar-refractivity contribution is 0.558. The summed E-state index contributed by atoms with van der Waals surface area (Å²) in [4.78, 5) is 0. The van der Waals surface area contributed by atoms with E-state index in [0.717, 1.165) is 24.9 Å². The SMILES string of the molecule is C[C@@H](NCCCc1cnn(C)c1)c1cc(Cl)c(N)c(Cl)c1. The molecule has 0 aliphatic heterocycles. The molecule has 0 saturated heterocycles. The zero-order valence-electron chi connectivity index (χ0n) is 12.2. The van der Waals surface area contributed by atoms with E-state index in [1.807, 2.05) is 36.3 Å². The van der Waals surface area contributed by atoms with Gasteiger partial charge in [0.05, 0.1) is 21.9 Å². The van der Waals surface area contributed by atoms with Gasteiger partial charge in [0.1, 0.15) is 0 Å². The van der Waals surface area contributed by atoms with Crippen LogP contribution in [0.2, 0.25) is 10.0 Å². The summed E-state index contributed by atoms with van der Waals surface area (Å²) in [6.45, 7) is 3.00. The molecule has 1 atom stereocenters. The second-order valence-corrected chi connectivity index (χ2v) is 6.01. The molecule has 1 aromatic carbocycles. The number of benzene rings is 1. The van der Waals surface area contributed by atoms with Crippen molar-refractivity contribution >= 4 is 28.9 Å². The van der Waals surface area contributed by atoms with Crippen LogP contribution in [0, 0.1) is 0 Å². The Bertz CT molecular complexity index is 586. The van der Waals surface area contributed by atoms with Gasteiger partial charge in [-0.1, -0.05) is 23.2 Å². The molecule has 2 rings (SSSR count). The van der Waals surface area contributed by atoms with Gasteiger partial charge in [-0.2, -0.15) is 5.10 Å². The lowest BCUT2D eigenvalue weighted by Gasteiger charge is -2.15. The topological polar surface area (TPSA) is 55.9 Å². The van der Waals surface area contributed by atoms with Gasteiger partial charge in [0.2, 0.25) is 0 Å². The molecule has 0 saturated carbocycles. The van der Waals surface area contributed by atoms with Crippen molar-refractivity contribution in [1.29, 1.82) is 0 Å². The Hall–Kier alpha value is -1.23. The van der Waals surface area contributed by atoms with Crippen LogP contribution in [-0.4, -0.2) is 16.3 Å². The third-order valence-corrected chi connectivity index (χ3v) is 4.08. The van der Waals surface area contributed by atoms with Crippen molar-refractivity contribution in [2.24, 2.45) is 7.05 Å². The van der Waals surface area contributed by atoms with Gasteiger partial charge in [-0.15, -0.1) is 0 Å². The molecule has 3 N–H and O–H groups in total. The van der Waals surface area contributed by atoms with Gasteiger partial charge in [0, 0.05) is 19.3 Å². The fourth-order valence-corrected chi connectivity index (χ4v) is 2.69. The van der Waals surface area contributed by atoms with Crippen LogP contribution in [0.4, 0.5) is 5.69 Å². The van der Waals surface area contributed by atoms with Crippen LogP contribution in [0.3, 0.4) is 0 Å². The number of aryl methyl sites for hydroxylation is 2. The largest absolute Gasteiger partial charge is 0.396 e. The highest BCUT2D eigenvalue weighted by atomic mass is 35.5. The highest BCUT2D eigenvalue weighted by Gasteiger charge is 2.10. The van der Waals surface area contributed by atoms with E-state index in [2.05, 4.69) is 17.3 Å². The molecular weight excluding hydrogens is 307 g/mol. The van der Waals surface area contributed by atoms with E-state index in [0.29, 0.717) is 15.7 Å². The van der Waals surface area contributed by atoms with Crippen LogP contribution in [0.1, 0.15) is 30.5 Å². The minimum Gasteiger partial charge on any atom is -0.396 e. The average molecular weight is 327 g/mol. The molecule has 0 amide bonds. The fraction of sp³-hybridized carbons (Fsp3) is 0.400. The first-order chi connectivity index (χ1) is 9.97. The van der Waals surface area contributed by atoms with Crippen LogP contribution in [0.15, 0.2) is 24.5 Å². The molecule has 0 fully saturated rings. The number of nitrogens with zero attached hydrogens (tertiary/aromatic N) is 2. The molecule has 6 heteroatoms. The molecule has 1 heterocycles. The van der Waals surface area contributed by atoms with Crippen molar-refractivity contribution < 1.29 is 0 Å². The van der Waals surface area contributed by atoms with Crippen molar-refractivity contribution in [2.75, 3.05) is 12.3 Å². The minimum atomic E-state index is 0.175. The zero-order valence-corrected chi connectivity index (χ0v) is 13.7. The van der Waals surface area contributed by atoms with E-state index < -0.39 is 0 Å². The Kier molecular flexibility index (Phi) is 5.51. The highest BCUT2D eigenvalue weighted by molar-refractivity contribution is 6.38. The van der Waals surface area contributed by atoms with Crippen molar-refractivity contribution in [3.63, 3.8) is 0 Å². The molecule has 0 aliphatic carbocycles. The minimum absolute atomic E-state index is 0.175. The summed E-state index contributed by atoms with van der Waals surface area (Å²) in [5.74, 6) is 0. The molecule has 0 bridgehead atoms. The number of nitrogens with one attached hydrogen (secondary N) is 1. The van der Waals surface area contributed by atoms with Crippen molar-refractivity contribution in [3.05, 3.63) is 45.7 Å². The second-order valence-electron chi connectivity index (χ2n) is 5.20. The summed E-state index contributed by atoms with van der Waals surface area (Å²) in [7, 11) is 1.93. The standard InChI is InChI=1S/C15H20Cl2N4/c1-10(12-6-13(16)15(18)14(17)7-12)19-5-3-4-11-8-20-21(2)9-11/h6-10,19H,3-5,18H2,1-2H3/t10-/m1/s1. The smallest absolute Gasteiger partial charge is 0.0693 e. The van der Waals surface area contributed by atoms with E-state index in [-0.39, 0.29) is 6.04 Å². The van der Waals surface area contributed by atoms with Crippen LogP contribution in [0.5, 0.6) is 0 Å². The Morgan fingerprint density at radius 3 is 2.57 bits per heavy atom. The van der Waals surface area contributed by atoms with Gasteiger partial charge in [-0.3, -0.25) is 4.68 Å². The van der Waals surface area contributed by atoms with Gasteiger partial charge < -0.3 is 11.1 Å². The lowest BCUT2D eigenvalue weighted by Crippen LogP contribution is -2.20. The summed E-state index contributed by atoms with van der Waals surface area (Å²) < 4.78 is 1.82. The summed E-state index contributed by atoms with van der Waals surface area (Å²) in [6.07, 6.45) is 6.01. The van der Waals surface area contributed by atoms with E-state index >= 15 is 0 Å². The first-order valence-corrected chi connectivity index (χ1v) is 7.68. The molecular formula is C15H20Cl2N4. The highest BCUT2D eigenvalue weighted by Crippen LogP contribution is 2.31. The first-order valence-electron chi connectivity index (χ1n) is 6.92. The number of rotatable bonds is 6. The summed E-state index contributed by atoms with van der Waals surface area (Å²) in [6, 6.07) is 3.90. The van der Waals surface area contributed by atoms with E-state index in [1.165, 1.54) is 5.56 Å². The van der Waals surface area contributed by atoms with Crippen molar-refractivity contribution in [2.45, 2.75) is 25.8 Å². The fourth-order valence-electron chi connectivity index (χ4n) is 2.18. The number of nitrogens with two attached hydrogens (primary N) is 1. The number of nitrogen functional groups attached to an aromatic ring is 1. The number of hydrogen-bond donors (Lipinski definition) is 2. The van der Waals surface area contributed by atoms with Gasteiger partial charge in [0.25, 0.3) is 0 Å². The molecule has 0 spiro atoms. The lowest BCUT2D eigenvalue weighted by atomic mass is 10.1. The monoisotopic (exact) mass is 326 g/mol. The van der Waals surface area contributed by atoms with Crippen LogP contribution in [0.25, 0.3) is 0 Å². The quantitative estimate of drug-likeness (QED) is 0.630. The Morgan fingerprint density at radius 1 is 1.33 bits per heavy atom. The molecule has 4 nitrogen and oxygen atoms in total. The third kappa shape index (κ3) is 4.37. The number of aromatic nitrogens is 2. The average Bonchev–Trinajstić information content (AvgIpc) is 2.85. The molecule has 21 heavy (non-hydrogen) atoms. The first kappa shape index (κ1) is 16.1. The van der Waals surface area contributed by atoms with Crippen LogP contribution < -0.4 is 11.1 Å². The summed E-state index contributed by atoms with van der Waals surface area (Å²) in [5, 5.41) is 8.63. The Labute approximate surface area is 135 Å². The Morgan fingerprint density at radius 2 is 2.00 bits per heavy atom. The van der Waals surface area contributed by atoms with Gasteiger partial charge >= 0.3 is 0 Å². The number of anilines is 1.